The van der Waals surface area contributed by atoms with E-state index in [9.17, 15) is 4.79 Å². The molecule has 0 heterocycles. The monoisotopic (exact) mass is 250 g/mol. The first kappa shape index (κ1) is 12.5. The summed E-state index contributed by atoms with van der Waals surface area (Å²) in [5.41, 5.74) is 6.26. The summed E-state index contributed by atoms with van der Waals surface area (Å²) in [5.74, 6) is 2.00. The molecule has 3 aliphatic rings. The van der Waals surface area contributed by atoms with Crippen molar-refractivity contribution < 1.29 is 4.79 Å². The minimum atomic E-state index is -0.119. The highest BCUT2D eigenvalue weighted by Crippen LogP contribution is 2.49. The van der Waals surface area contributed by atoms with Crippen LogP contribution in [-0.4, -0.2) is 18.0 Å². The summed E-state index contributed by atoms with van der Waals surface area (Å²) in [4.78, 5) is 12.3. The van der Waals surface area contributed by atoms with Gasteiger partial charge in [0.25, 0.3) is 0 Å². The third-order valence-electron chi connectivity index (χ3n) is 5.03. The molecule has 0 aliphatic heterocycles. The van der Waals surface area contributed by atoms with Gasteiger partial charge in [-0.25, -0.2) is 0 Å². The summed E-state index contributed by atoms with van der Waals surface area (Å²) >= 11 is 0. The van der Waals surface area contributed by atoms with E-state index in [1.165, 1.54) is 44.9 Å². The van der Waals surface area contributed by atoms with Crippen LogP contribution in [0.3, 0.4) is 0 Å². The van der Waals surface area contributed by atoms with Crippen molar-refractivity contribution in [2.75, 3.05) is 6.54 Å². The molecule has 0 saturated heterocycles. The predicted molar refractivity (Wildman–Crippen MR) is 72.0 cm³/mol. The highest BCUT2D eigenvalue weighted by Gasteiger charge is 2.45. The summed E-state index contributed by atoms with van der Waals surface area (Å²) in [5, 5.41) is 3.17. The second kappa shape index (κ2) is 4.84. The largest absolute Gasteiger partial charge is 0.354 e. The molecule has 102 valence electrons. The fourth-order valence-corrected chi connectivity index (χ4v) is 3.54. The summed E-state index contributed by atoms with van der Waals surface area (Å²) in [7, 11) is 0. The van der Waals surface area contributed by atoms with Crippen molar-refractivity contribution in [2.24, 2.45) is 23.5 Å². The summed E-state index contributed by atoms with van der Waals surface area (Å²) in [6, 6.07) is 0. The molecule has 18 heavy (non-hydrogen) atoms. The van der Waals surface area contributed by atoms with Crippen molar-refractivity contribution in [3.63, 3.8) is 0 Å². The third kappa shape index (κ3) is 2.87. The second-order valence-corrected chi connectivity index (χ2v) is 6.84. The number of nitrogens with two attached hydrogens (primary N) is 1. The molecule has 0 aromatic carbocycles. The number of carbonyl (C=O) groups is 1. The Kier molecular flexibility index (Phi) is 3.35. The molecule has 0 aromatic heterocycles. The first-order chi connectivity index (χ1) is 8.68. The van der Waals surface area contributed by atoms with Crippen LogP contribution in [0.5, 0.6) is 0 Å². The van der Waals surface area contributed by atoms with Crippen LogP contribution in [-0.2, 0) is 4.79 Å². The SMILES string of the molecule is NC1(CNC(=O)C(C2CC2)C2CC2)CCCCC1. The highest BCUT2D eigenvalue weighted by atomic mass is 16.1. The lowest BCUT2D eigenvalue weighted by atomic mass is 9.82. The Labute approximate surface area is 110 Å². The topological polar surface area (TPSA) is 55.1 Å². The standard InChI is InChI=1S/C15H26N2O/c16-15(8-2-1-3-9-15)10-17-14(18)13(11-4-5-11)12-6-7-12/h11-13H,1-10,16H2,(H,17,18). The molecular weight excluding hydrogens is 224 g/mol. The molecular formula is C15H26N2O. The van der Waals surface area contributed by atoms with E-state index < -0.39 is 0 Å². The molecule has 3 heteroatoms. The van der Waals surface area contributed by atoms with Crippen molar-refractivity contribution in [3.05, 3.63) is 0 Å². The smallest absolute Gasteiger partial charge is 0.223 e. The Bertz CT molecular complexity index is 302. The van der Waals surface area contributed by atoms with Gasteiger partial charge in [0.15, 0.2) is 0 Å². The van der Waals surface area contributed by atoms with Crippen molar-refractivity contribution in [1.82, 2.24) is 5.32 Å². The molecule has 0 bridgehead atoms. The zero-order valence-corrected chi connectivity index (χ0v) is 11.3. The van der Waals surface area contributed by atoms with Crippen LogP contribution in [0.15, 0.2) is 0 Å². The molecule has 3 aliphatic carbocycles. The van der Waals surface area contributed by atoms with E-state index in [4.69, 9.17) is 5.73 Å². The van der Waals surface area contributed by atoms with E-state index in [0.29, 0.717) is 30.2 Å². The Morgan fingerprint density at radius 3 is 2.17 bits per heavy atom. The zero-order valence-electron chi connectivity index (χ0n) is 11.3. The minimum absolute atomic E-state index is 0.119. The van der Waals surface area contributed by atoms with Crippen molar-refractivity contribution in [1.29, 1.82) is 0 Å². The quantitative estimate of drug-likeness (QED) is 0.786. The number of rotatable bonds is 5. The van der Waals surface area contributed by atoms with Crippen LogP contribution >= 0.6 is 0 Å². The summed E-state index contributed by atoms with van der Waals surface area (Å²) < 4.78 is 0. The Morgan fingerprint density at radius 1 is 1.11 bits per heavy atom. The first-order valence-corrected chi connectivity index (χ1v) is 7.75. The molecule has 3 saturated carbocycles. The van der Waals surface area contributed by atoms with Gasteiger partial charge >= 0.3 is 0 Å². The molecule has 3 rings (SSSR count). The van der Waals surface area contributed by atoms with Crippen LogP contribution in [0.25, 0.3) is 0 Å². The average Bonchev–Trinajstić information content (AvgIpc) is 3.22. The van der Waals surface area contributed by atoms with Gasteiger partial charge in [0.1, 0.15) is 0 Å². The number of hydrogen-bond acceptors (Lipinski definition) is 2. The zero-order chi connectivity index (χ0) is 12.6. The maximum atomic E-state index is 12.3. The lowest BCUT2D eigenvalue weighted by Crippen LogP contribution is -2.52. The number of hydrogen-bond donors (Lipinski definition) is 2. The van der Waals surface area contributed by atoms with Crippen LogP contribution < -0.4 is 11.1 Å². The fraction of sp³-hybridized carbons (Fsp3) is 0.933. The van der Waals surface area contributed by atoms with Crippen LogP contribution in [0.2, 0.25) is 0 Å². The molecule has 0 atom stereocenters. The Balaban J connectivity index is 1.50. The summed E-state index contributed by atoms with van der Waals surface area (Å²) in [6.45, 7) is 0.696. The molecule has 0 unspecified atom stereocenters. The number of amides is 1. The number of carbonyl (C=O) groups excluding carboxylic acids is 1. The van der Waals surface area contributed by atoms with Crippen LogP contribution in [0, 0.1) is 17.8 Å². The van der Waals surface area contributed by atoms with Gasteiger partial charge in [0, 0.05) is 18.0 Å². The van der Waals surface area contributed by atoms with E-state index in [-0.39, 0.29) is 5.54 Å². The molecule has 1 amide bonds. The molecule has 0 radical (unpaired) electrons. The normalized spacial score (nSPS) is 27.2. The van der Waals surface area contributed by atoms with Gasteiger partial charge < -0.3 is 11.1 Å². The van der Waals surface area contributed by atoms with Gasteiger partial charge in [-0.05, 0) is 50.4 Å². The van der Waals surface area contributed by atoms with Gasteiger partial charge in [-0.1, -0.05) is 19.3 Å². The second-order valence-electron chi connectivity index (χ2n) is 6.84. The van der Waals surface area contributed by atoms with Crippen molar-refractivity contribution in [3.8, 4) is 0 Å². The van der Waals surface area contributed by atoms with Crippen LogP contribution in [0.4, 0.5) is 0 Å². The van der Waals surface area contributed by atoms with E-state index in [0.717, 1.165) is 12.8 Å². The Morgan fingerprint density at radius 2 is 1.67 bits per heavy atom. The minimum Gasteiger partial charge on any atom is -0.354 e. The molecule has 3 nitrogen and oxygen atoms in total. The van der Waals surface area contributed by atoms with Gasteiger partial charge in [0.2, 0.25) is 5.91 Å². The number of nitrogens with one attached hydrogen (secondary N) is 1. The molecule has 0 aromatic rings. The third-order valence-corrected chi connectivity index (χ3v) is 5.03. The van der Waals surface area contributed by atoms with Gasteiger partial charge in [-0.15, -0.1) is 0 Å². The van der Waals surface area contributed by atoms with Crippen molar-refractivity contribution in [2.45, 2.75) is 63.3 Å². The van der Waals surface area contributed by atoms with E-state index in [1.54, 1.807) is 0 Å². The first-order valence-electron chi connectivity index (χ1n) is 7.75. The lowest BCUT2D eigenvalue weighted by molar-refractivity contribution is -0.126. The van der Waals surface area contributed by atoms with Crippen LogP contribution in [0.1, 0.15) is 57.8 Å². The molecule has 3 N–H and O–H groups in total. The summed E-state index contributed by atoms with van der Waals surface area (Å²) in [6.07, 6.45) is 11.0. The van der Waals surface area contributed by atoms with E-state index >= 15 is 0 Å². The predicted octanol–water partition coefficient (Wildman–Crippen LogP) is 2.20. The lowest BCUT2D eigenvalue weighted by Gasteiger charge is -2.34. The van der Waals surface area contributed by atoms with Crippen molar-refractivity contribution >= 4 is 5.91 Å². The molecule has 0 spiro atoms. The molecule has 3 fully saturated rings. The van der Waals surface area contributed by atoms with Gasteiger partial charge in [-0.2, -0.15) is 0 Å². The maximum Gasteiger partial charge on any atom is 0.223 e. The highest BCUT2D eigenvalue weighted by molar-refractivity contribution is 5.80. The van der Waals surface area contributed by atoms with E-state index in [2.05, 4.69) is 5.32 Å². The average molecular weight is 250 g/mol. The van der Waals surface area contributed by atoms with Gasteiger partial charge in [-0.3, -0.25) is 4.79 Å². The fourth-order valence-electron chi connectivity index (χ4n) is 3.54. The van der Waals surface area contributed by atoms with Gasteiger partial charge in [0.05, 0.1) is 0 Å². The Hall–Kier alpha value is -0.570. The maximum absolute atomic E-state index is 12.3. The van der Waals surface area contributed by atoms with E-state index in [1.807, 2.05) is 0 Å².